The molecule has 0 heterocycles. The number of carbonyl (C=O) groups excluding carboxylic acids is 2. The molecule has 3 heteroatoms. The molecular formula is C21H32O3. The van der Waals surface area contributed by atoms with Gasteiger partial charge in [0.15, 0.2) is 0 Å². The fourth-order valence-corrected chi connectivity index (χ4v) is 7.86. The van der Waals surface area contributed by atoms with Gasteiger partial charge in [0.2, 0.25) is 0 Å². The lowest BCUT2D eigenvalue weighted by Gasteiger charge is -2.62. The second-order valence-corrected chi connectivity index (χ2v) is 9.88. The van der Waals surface area contributed by atoms with Gasteiger partial charge in [-0.1, -0.05) is 20.3 Å². The first-order valence-electron chi connectivity index (χ1n) is 9.90. The molecule has 0 aromatic rings. The van der Waals surface area contributed by atoms with E-state index in [2.05, 4.69) is 20.8 Å². The van der Waals surface area contributed by atoms with Crippen LogP contribution in [0.5, 0.6) is 0 Å². The Labute approximate surface area is 145 Å². The van der Waals surface area contributed by atoms with E-state index in [1.165, 1.54) is 26.4 Å². The molecule has 4 aliphatic carbocycles. The summed E-state index contributed by atoms with van der Waals surface area (Å²) in [6.45, 7) is 6.82. The van der Waals surface area contributed by atoms with Crippen molar-refractivity contribution in [3.8, 4) is 0 Å². The summed E-state index contributed by atoms with van der Waals surface area (Å²) in [5.74, 6) is 2.44. The van der Waals surface area contributed by atoms with Gasteiger partial charge in [-0.05, 0) is 74.5 Å². The second-order valence-electron chi connectivity index (χ2n) is 9.88. The van der Waals surface area contributed by atoms with Gasteiger partial charge in [0.25, 0.3) is 0 Å². The van der Waals surface area contributed by atoms with Crippen LogP contribution in [0.1, 0.15) is 72.1 Å². The summed E-state index contributed by atoms with van der Waals surface area (Å²) >= 11 is 0. The van der Waals surface area contributed by atoms with Crippen LogP contribution < -0.4 is 0 Å². The first-order chi connectivity index (χ1) is 11.3. The minimum Gasteiger partial charge on any atom is -0.469 e. The zero-order chi connectivity index (χ0) is 17.3. The fraction of sp³-hybridized carbons (Fsp3) is 0.905. The molecule has 0 saturated heterocycles. The van der Waals surface area contributed by atoms with Gasteiger partial charge in [-0.25, -0.2) is 0 Å². The Morgan fingerprint density at radius 2 is 1.88 bits per heavy atom. The smallest absolute Gasteiger partial charge is 0.311 e. The topological polar surface area (TPSA) is 43.4 Å². The molecule has 0 unspecified atom stereocenters. The number of rotatable bonds is 1. The van der Waals surface area contributed by atoms with E-state index in [1.54, 1.807) is 0 Å². The molecule has 7 atom stereocenters. The maximum absolute atomic E-state index is 13.4. The normalized spacial score (nSPS) is 53.2. The first kappa shape index (κ1) is 16.6. The van der Waals surface area contributed by atoms with Crippen LogP contribution in [0.15, 0.2) is 0 Å². The lowest BCUT2D eigenvalue weighted by atomic mass is 9.40. The molecule has 4 fully saturated rings. The molecule has 24 heavy (non-hydrogen) atoms. The molecule has 0 aromatic carbocycles. The van der Waals surface area contributed by atoms with E-state index in [1.807, 2.05) is 0 Å². The quantitative estimate of drug-likeness (QED) is 0.669. The van der Waals surface area contributed by atoms with Crippen LogP contribution in [0.3, 0.4) is 0 Å². The summed E-state index contributed by atoms with van der Waals surface area (Å²) in [6.07, 6.45) is 8.39. The molecule has 0 N–H and O–H groups in total. The van der Waals surface area contributed by atoms with E-state index in [4.69, 9.17) is 4.74 Å². The highest BCUT2D eigenvalue weighted by molar-refractivity contribution is 5.89. The number of Topliss-reactive ketones (excluding diaryl/α,β-unsaturated/α-hetero) is 1. The Kier molecular flexibility index (Phi) is 3.51. The van der Waals surface area contributed by atoms with Gasteiger partial charge < -0.3 is 4.74 Å². The standard InChI is InChI=1S/C21H32O3/c1-13-11-21-12-14(13)6-7-15(21)19(2)8-5-9-20(3,18(23)24-4)16(19)10-17(21)22/h13-16H,5-12H2,1-4H3/t13-,14+,15-,16-,19-,20-,21-/m1/s1. The maximum atomic E-state index is 13.4. The van der Waals surface area contributed by atoms with Gasteiger partial charge in [0.1, 0.15) is 5.78 Å². The van der Waals surface area contributed by atoms with Crippen LogP contribution >= 0.6 is 0 Å². The van der Waals surface area contributed by atoms with Crippen molar-refractivity contribution < 1.29 is 14.3 Å². The Morgan fingerprint density at radius 3 is 2.58 bits per heavy atom. The number of hydrogen-bond donors (Lipinski definition) is 0. The number of fused-ring (bicyclic) bond motifs is 3. The van der Waals surface area contributed by atoms with Crippen molar-refractivity contribution in [2.45, 2.75) is 72.1 Å². The Balaban J connectivity index is 1.78. The van der Waals surface area contributed by atoms with Crippen molar-refractivity contribution in [2.24, 2.45) is 39.9 Å². The van der Waals surface area contributed by atoms with E-state index >= 15 is 0 Å². The van der Waals surface area contributed by atoms with E-state index in [0.29, 0.717) is 24.0 Å². The highest BCUT2D eigenvalue weighted by Crippen LogP contribution is 2.71. The van der Waals surface area contributed by atoms with Crippen LogP contribution in [-0.2, 0) is 14.3 Å². The summed E-state index contributed by atoms with van der Waals surface area (Å²) in [6, 6.07) is 0. The number of ketones is 1. The predicted molar refractivity (Wildman–Crippen MR) is 92.2 cm³/mol. The summed E-state index contributed by atoms with van der Waals surface area (Å²) in [7, 11) is 1.50. The van der Waals surface area contributed by atoms with Crippen LogP contribution in [0, 0.1) is 39.9 Å². The highest BCUT2D eigenvalue weighted by atomic mass is 16.5. The van der Waals surface area contributed by atoms with Crippen molar-refractivity contribution in [1.29, 1.82) is 0 Å². The summed E-state index contributed by atoms with van der Waals surface area (Å²) in [5, 5.41) is 0. The van der Waals surface area contributed by atoms with Crippen LogP contribution in [-0.4, -0.2) is 18.9 Å². The average molecular weight is 332 g/mol. The first-order valence-corrected chi connectivity index (χ1v) is 9.90. The largest absolute Gasteiger partial charge is 0.469 e. The molecule has 1 spiro atoms. The van der Waals surface area contributed by atoms with Crippen molar-refractivity contribution in [3.63, 3.8) is 0 Å². The SMILES string of the molecule is COC(=O)[C@]1(C)CCC[C@@]2(C)[C@H]1CC(=O)[C@]13C[C@H](CC[C@@H]12)[C@H](C)C3. The Bertz CT molecular complexity index is 580. The van der Waals surface area contributed by atoms with Gasteiger partial charge in [-0.3, -0.25) is 9.59 Å². The molecule has 0 aromatic heterocycles. The molecule has 4 saturated carbocycles. The monoisotopic (exact) mass is 332 g/mol. The third kappa shape index (κ3) is 1.85. The van der Waals surface area contributed by atoms with Crippen molar-refractivity contribution >= 4 is 11.8 Å². The highest BCUT2D eigenvalue weighted by Gasteiger charge is 2.68. The molecule has 2 bridgehead atoms. The molecule has 0 aliphatic heterocycles. The number of carbonyl (C=O) groups is 2. The van der Waals surface area contributed by atoms with Crippen LogP contribution in [0.2, 0.25) is 0 Å². The number of esters is 1. The maximum Gasteiger partial charge on any atom is 0.311 e. The molecule has 4 aliphatic rings. The molecular weight excluding hydrogens is 300 g/mol. The van der Waals surface area contributed by atoms with Crippen LogP contribution in [0.4, 0.5) is 0 Å². The van der Waals surface area contributed by atoms with Crippen molar-refractivity contribution in [1.82, 2.24) is 0 Å². The lowest BCUT2D eigenvalue weighted by molar-refractivity contribution is -0.186. The average Bonchev–Trinajstić information content (AvgIpc) is 2.80. The second kappa shape index (κ2) is 5.08. The third-order valence-electron chi connectivity index (χ3n) is 8.98. The van der Waals surface area contributed by atoms with Gasteiger partial charge >= 0.3 is 5.97 Å². The van der Waals surface area contributed by atoms with Gasteiger partial charge in [-0.15, -0.1) is 0 Å². The lowest BCUT2D eigenvalue weighted by Crippen LogP contribution is -2.61. The van der Waals surface area contributed by atoms with Crippen molar-refractivity contribution in [2.75, 3.05) is 7.11 Å². The van der Waals surface area contributed by atoms with Crippen molar-refractivity contribution in [3.05, 3.63) is 0 Å². The van der Waals surface area contributed by atoms with E-state index in [-0.39, 0.29) is 22.7 Å². The number of methoxy groups -OCH3 is 1. The fourth-order valence-electron chi connectivity index (χ4n) is 7.86. The third-order valence-corrected chi connectivity index (χ3v) is 8.98. The van der Waals surface area contributed by atoms with Gasteiger partial charge in [0.05, 0.1) is 12.5 Å². The molecule has 4 rings (SSSR count). The zero-order valence-corrected chi connectivity index (χ0v) is 15.7. The summed E-state index contributed by atoms with van der Waals surface area (Å²) in [5.41, 5.74) is -0.438. The zero-order valence-electron chi connectivity index (χ0n) is 15.7. The Morgan fingerprint density at radius 1 is 1.12 bits per heavy atom. The minimum absolute atomic E-state index is 0.0675. The minimum atomic E-state index is -0.486. The Hall–Kier alpha value is -0.860. The summed E-state index contributed by atoms with van der Waals surface area (Å²) in [4.78, 5) is 26.0. The number of hydrogen-bond acceptors (Lipinski definition) is 3. The summed E-state index contributed by atoms with van der Waals surface area (Å²) < 4.78 is 5.18. The van der Waals surface area contributed by atoms with Gasteiger partial charge in [-0.2, -0.15) is 0 Å². The van der Waals surface area contributed by atoms with E-state index in [0.717, 1.165) is 31.6 Å². The van der Waals surface area contributed by atoms with E-state index < -0.39 is 5.41 Å². The molecule has 3 nitrogen and oxygen atoms in total. The van der Waals surface area contributed by atoms with Crippen LogP contribution in [0.25, 0.3) is 0 Å². The predicted octanol–water partition coefficient (Wildman–Crippen LogP) is 4.39. The van der Waals surface area contributed by atoms with Gasteiger partial charge in [0, 0.05) is 11.8 Å². The molecule has 134 valence electrons. The molecule has 0 amide bonds. The van der Waals surface area contributed by atoms with E-state index in [9.17, 15) is 9.59 Å². The number of ether oxygens (including phenoxy) is 1. The molecule has 0 radical (unpaired) electrons.